The van der Waals surface area contributed by atoms with Crippen LogP contribution in [0.15, 0.2) is 24.3 Å². The molecule has 0 aromatic rings. The third-order valence-corrected chi connectivity index (χ3v) is 2.09. The van der Waals surface area contributed by atoms with Crippen LogP contribution in [0.1, 0.15) is 26.2 Å². The molecule has 5 heteroatoms. The third kappa shape index (κ3) is 7.30. The first-order valence-corrected chi connectivity index (χ1v) is 5.28. The van der Waals surface area contributed by atoms with E-state index >= 15 is 0 Å². The maximum atomic E-state index is 11.3. The quantitative estimate of drug-likeness (QED) is 0.494. The second kappa shape index (κ2) is 7.62. The molecule has 0 saturated carbocycles. The van der Waals surface area contributed by atoms with E-state index < -0.39 is 18.0 Å². The summed E-state index contributed by atoms with van der Waals surface area (Å²) >= 11 is 0. The Morgan fingerprint density at radius 2 is 1.82 bits per heavy atom. The summed E-state index contributed by atoms with van der Waals surface area (Å²) in [6, 6.07) is 0. The van der Waals surface area contributed by atoms with Gasteiger partial charge in [0, 0.05) is 17.6 Å². The average Bonchev–Trinajstić information content (AvgIpc) is 2.25. The highest BCUT2D eigenvalue weighted by Gasteiger charge is 2.11. The van der Waals surface area contributed by atoms with Crippen LogP contribution < -0.4 is 0 Å². The number of hydrogen-bond donors (Lipinski definition) is 2. The number of hydrogen-bond acceptors (Lipinski definition) is 4. The molecule has 0 radical (unpaired) electrons. The molecule has 0 aromatic carbocycles. The van der Waals surface area contributed by atoms with Crippen LogP contribution in [-0.2, 0) is 14.3 Å². The van der Waals surface area contributed by atoms with E-state index in [1.165, 1.54) is 0 Å². The molecule has 0 amide bonds. The SMILES string of the molecule is C=C(CCOC(=O)C(=C)CCC(C)O)C(=O)O. The van der Waals surface area contributed by atoms with E-state index in [-0.39, 0.29) is 24.2 Å². The summed E-state index contributed by atoms with van der Waals surface area (Å²) in [5.41, 5.74) is 0.263. The maximum Gasteiger partial charge on any atom is 0.333 e. The van der Waals surface area contributed by atoms with Gasteiger partial charge >= 0.3 is 11.9 Å². The number of carbonyl (C=O) groups excluding carboxylic acids is 1. The highest BCUT2D eigenvalue weighted by atomic mass is 16.5. The van der Waals surface area contributed by atoms with Crippen molar-refractivity contribution in [3.63, 3.8) is 0 Å². The molecule has 96 valence electrons. The molecule has 5 nitrogen and oxygen atoms in total. The zero-order valence-corrected chi connectivity index (χ0v) is 9.94. The number of rotatable bonds is 8. The van der Waals surface area contributed by atoms with E-state index in [4.69, 9.17) is 14.9 Å². The minimum atomic E-state index is -1.10. The van der Waals surface area contributed by atoms with Gasteiger partial charge in [0.2, 0.25) is 0 Å². The maximum absolute atomic E-state index is 11.3. The van der Waals surface area contributed by atoms with Crippen LogP contribution in [0.5, 0.6) is 0 Å². The van der Waals surface area contributed by atoms with Gasteiger partial charge in [-0.1, -0.05) is 13.2 Å². The van der Waals surface area contributed by atoms with Gasteiger partial charge in [-0.2, -0.15) is 0 Å². The van der Waals surface area contributed by atoms with Crippen molar-refractivity contribution >= 4 is 11.9 Å². The van der Waals surface area contributed by atoms with Gasteiger partial charge in [0.15, 0.2) is 0 Å². The normalized spacial score (nSPS) is 11.6. The number of carboxylic acid groups (broad SMARTS) is 1. The standard InChI is InChI=1S/C12H18O5/c1-8(11(14)15)6-7-17-12(16)9(2)4-5-10(3)13/h10,13H,1-2,4-7H2,3H3,(H,14,15). The first-order chi connectivity index (χ1) is 7.84. The van der Waals surface area contributed by atoms with Gasteiger partial charge in [-0.05, 0) is 19.8 Å². The van der Waals surface area contributed by atoms with Crippen LogP contribution in [0.25, 0.3) is 0 Å². The van der Waals surface area contributed by atoms with Crippen molar-refractivity contribution in [3.05, 3.63) is 24.3 Å². The Bertz CT molecular complexity index is 317. The van der Waals surface area contributed by atoms with E-state index in [2.05, 4.69) is 13.2 Å². The number of ether oxygens (including phenoxy) is 1. The van der Waals surface area contributed by atoms with Crippen LogP contribution in [-0.4, -0.2) is 34.9 Å². The Morgan fingerprint density at radius 1 is 1.24 bits per heavy atom. The van der Waals surface area contributed by atoms with Crippen LogP contribution >= 0.6 is 0 Å². The van der Waals surface area contributed by atoms with Crippen molar-refractivity contribution < 1.29 is 24.5 Å². The summed E-state index contributed by atoms with van der Waals surface area (Å²) in [4.78, 5) is 21.7. The molecule has 0 rings (SSSR count). The fourth-order valence-corrected chi connectivity index (χ4v) is 0.961. The number of aliphatic carboxylic acids is 1. The van der Waals surface area contributed by atoms with Crippen molar-refractivity contribution in [3.8, 4) is 0 Å². The summed E-state index contributed by atoms with van der Waals surface area (Å²) < 4.78 is 4.81. The van der Waals surface area contributed by atoms with Gasteiger partial charge in [0.05, 0.1) is 12.7 Å². The van der Waals surface area contributed by atoms with Crippen molar-refractivity contribution in [2.45, 2.75) is 32.3 Å². The van der Waals surface area contributed by atoms with E-state index in [0.717, 1.165) is 0 Å². The van der Waals surface area contributed by atoms with Gasteiger partial charge in [-0.25, -0.2) is 9.59 Å². The van der Waals surface area contributed by atoms with Crippen molar-refractivity contribution in [2.75, 3.05) is 6.61 Å². The van der Waals surface area contributed by atoms with Crippen LogP contribution in [0.3, 0.4) is 0 Å². The molecule has 2 N–H and O–H groups in total. The number of carbonyl (C=O) groups is 2. The lowest BCUT2D eigenvalue weighted by Crippen LogP contribution is -2.12. The Balaban J connectivity index is 3.82. The molecule has 0 spiro atoms. The van der Waals surface area contributed by atoms with Crippen LogP contribution in [0.4, 0.5) is 0 Å². The molecule has 0 aromatic heterocycles. The lowest BCUT2D eigenvalue weighted by Gasteiger charge is -2.08. The summed E-state index contributed by atoms with van der Waals surface area (Å²) in [5, 5.41) is 17.5. The Labute approximate surface area is 100 Å². The zero-order valence-electron chi connectivity index (χ0n) is 9.94. The molecule has 0 bridgehead atoms. The molecule has 0 heterocycles. The van der Waals surface area contributed by atoms with Crippen molar-refractivity contribution in [2.24, 2.45) is 0 Å². The van der Waals surface area contributed by atoms with Crippen LogP contribution in [0.2, 0.25) is 0 Å². The first-order valence-electron chi connectivity index (χ1n) is 5.28. The molecular formula is C12H18O5. The molecule has 1 unspecified atom stereocenters. The third-order valence-electron chi connectivity index (χ3n) is 2.09. The van der Waals surface area contributed by atoms with Crippen molar-refractivity contribution in [1.82, 2.24) is 0 Å². The smallest absolute Gasteiger partial charge is 0.333 e. The molecule has 1 atom stereocenters. The minimum Gasteiger partial charge on any atom is -0.478 e. The molecule has 0 saturated heterocycles. The molecule has 0 aliphatic carbocycles. The zero-order chi connectivity index (χ0) is 13.4. The summed E-state index contributed by atoms with van der Waals surface area (Å²) in [6.45, 7) is 8.43. The van der Waals surface area contributed by atoms with E-state index in [9.17, 15) is 9.59 Å². The van der Waals surface area contributed by atoms with Gasteiger partial charge in [-0.3, -0.25) is 0 Å². The highest BCUT2D eigenvalue weighted by Crippen LogP contribution is 2.08. The minimum absolute atomic E-state index is 0.00704. The van der Waals surface area contributed by atoms with Crippen LogP contribution in [0, 0.1) is 0 Å². The van der Waals surface area contributed by atoms with E-state index in [1.54, 1.807) is 6.92 Å². The van der Waals surface area contributed by atoms with Crippen molar-refractivity contribution in [1.29, 1.82) is 0 Å². The van der Waals surface area contributed by atoms with Gasteiger partial charge in [-0.15, -0.1) is 0 Å². The summed E-state index contributed by atoms with van der Waals surface area (Å²) in [7, 11) is 0. The second-order valence-corrected chi connectivity index (χ2v) is 3.79. The van der Waals surface area contributed by atoms with Gasteiger partial charge < -0.3 is 14.9 Å². The van der Waals surface area contributed by atoms with Gasteiger partial charge in [0.1, 0.15) is 0 Å². The predicted molar refractivity (Wildman–Crippen MR) is 62.4 cm³/mol. The fraction of sp³-hybridized carbons (Fsp3) is 0.500. The molecule has 0 aliphatic heterocycles. The first kappa shape index (κ1) is 15.4. The molecule has 17 heavy (non-hydrogen) atoms. The number of aliphatic hydroxyl groups excluding tert-OH is 1. The summed E-state index contributed by atoms with van der Waals surface area (Å²) in [6.07, 6.45) is 0.392. The topological polar surface area (TPSA) is 83.8 Å². The predicted octanol–water partition coefficient (Wildman–Crippen LogP) is 1.28. The number of esters is 1. The second-order valence-electron chi connectivity index (χ2n) is 3.79. The Morgan fingerprint density at radius 3 is 2.29 bits per heavy atom. The molecular weight excluding hydrogens is 224 g/mol. The van der Waals surface area contributed by atoms with E-state index in [1.807, 2.05) is 0 Å². The fourth-order valence-electron chi connectivity index (χ4n) is 0.961. The lowest BCUT2D eigenvalue weighted by molar-refractivity contribution is -0.140. The molecule has 0 aliphatic rings. The summed E-state index contributed by atoms with van der Waals surface area (Å²) in [5.74, 6) is -1.67. The Kier molecular flexibility index (Phi) is 6.89. The largest absolute Gasteiger partial charge is 0.478 e. The lowest BCUT2D eigenvalue weighted by atomic mass is 10.1. The number of aliphatic hydroxyl groups is 1. The van der Waals surface area contributed by atoms with E-state index in [0.29, 0.717) is 12.8 Å². The monoisotopic (exact) mass is 242 g/mol. The molecule has 0 fully saturated rings. The number of carboxylic acids is 1. The Hall–Kier alpha value is -1.62. The highest BCUT2D eigenvalue weighted by molar-refractivity contribution is 5.88. The van der Waals surface area contributed by atoms with Gasteiger partial charge in [0.25, 0.3) is 0 Å². The average molecular weight is 242 g/mol.